The van der Waals surface area contributed by atoms with Crippen LogP contribution in [0.1, 0.15) is 73.1 Å². The second kappa shape index (κ2) is 23.9. The predicted molar refractivity (Wildman–Crippen MR) is 183 cm³/mol. The molecule has 0 saturated carbocycles. The van der Waals surface area contributed by atoms with Crippen LogP contribution in [-0.2, 0) is 38.4 Å². The van der Waals surface area contributed by atoms with Crippen molar-refractivity contribution in [2.45, 2.75) is 128 Å². The van der Waals surface area contributed by atoms with Gasteiger partial charge in [-0.05, 0) is 65.3 Å². The number of hydrogen-bond acceptors (Lipinski definition) is 13. The van der Waals surface area contributed by atoms with Crippen LogP contribution in [-0.4, -0.2) is 141 Å². The van der Waals surface area contributed by atoms with Gasteiger partial charge in [0.05, 0.1) is 24.9 Å². The third kappa shape index (κ3) is 18.2. The normalized spacial score (nSPS) is 16.4. The number of carboxylic acid groups (broad SMARTS) is 2. The van der Waals surface area contributed by atoms with Crippen molar-refractivity contribution < 1.29 is 63.9 Å². The number of nitrogens with one attached hydrogen (secondary N) is 6. The molecule has 21 nitrogen and oxygen atoms in total. The van der Waals surface area contributed by atoms with Crippen molar-refractivity contribution in [1.82, 2.24) is 31.9 Å². The van der Waals surface area contributed by atoms with Gasteiger partial charge in [0.15, 0.2) is 6.04 Å². The molecular formula is C31H56N8O13. The zero-order valence-corrected chi connectivity index (χ0v) is 30.1. The molecule has 0 aromatic heterocycles. The standard InChI is InChI=1S/C31H56N8O13/c1-14(2)12-20(37-29(49)23(33)15(3)40)28(48)36-18(8-6-7-11-32)26(46)34-13-21(43)35-19(9-10-22(44)45)27(47)38-24(16(4)41)30(50)39-25(17(5)42)31(51)52/h14-20,23-25,40-42H,6-13,32-33H2,1-5H3,(H,34,46)(H,35,43)(H,36,48)(H,37,49)(H,38,47)(H,39,50)(H,44,45)(H,51,52)/t15-,16-,17-,18+,19+,20+,23+,24+,25+/m1/s1. The summed E-state index contributed by atoms with van der Waals surface area (Å²) in [7, 11) is 0. The molecule has 0 aromatic carbocycles. The number of amides is 6. The van der Waals surface area contributed by atoms with Gasteiger partial charge in [-0.25, -0.2) is 4.79 Å². The quantitative estimate of drug-likeness (QED) is 0.0389. The van der Waals surface area contributed by atoms with Crippen molar-refractivity contribution in [2.24, 2.45) is 17.4 Å². The third-order valence-corrected chi connectivity index (χ3v) is 7.57. The summed E-state index contributed by atoms with van der Waals surface area (Å²) in [5.41, 5.74) is 11.3. The van der Waals surface area contributed by atoms with Crippen LogP contribution in [0.3, 0.4) is 0 Å². The van der Waals surface area contributed by atoms with Gasteiger partial charge in [0.2, 0.25) is 35.4 Å². The molecule has 21 heteroatoms. The molecule has 52 heavy (non-hydrogen) atoms. The van der Waals surface area contributed by atoms with Crippen LogP contribution in [0.25, 0.3) is 0 Å². The molecule has 0 aliphatic heterocycles. The van der Waals surface area contributed by atoms with Crippen molar-refractivity contribution in [3.8, 4) is 0 Å². The van der Waals surface area contributed by atoms with E-state index < -0.39 is 121 Å². The highest BCUT2D eigenvalue weighted by Gasteiger charge is 2.34. The highest BCUT2D eigenvalue weighted by Crippen LogP contribution is 2.09. The number of carbonyl (C=O) groups is 8. The molecule has 0 fully saturated rings. The van der Waals surface area contributed by atoms with Gasteiger partial charge in [-0.1, -0.05) is 13.8 Å². The van der Waals surface area contributed by atoms with E-state index in [4.69, 9.17) is 16.6 Å². The molecule has 0 aromatic rings. The minimum atomic E-state index is -1.80. The Bertz CT molecular complexity index is 1230. The Balaban J connectivity index is 5.86. The number of carbonyl (C=O) groups excluding carboxylic acids is 6. The first-order valence-electron chi connectivity index (χ1n) is 16.9. The van der Waals surface area contributed by atoms with Crippen LogP contribution in [0.2, 0.25) is 0 Å². The Morgan fingerprint density at radius 2 is 1.12 bits per heavy atom. The fourth-order valence-electron chi connectivity index (χ4n) is 4.59. The molecule has 6 amide bonds. The molecule has 0 aliphatic carbocycles. The minimum absolute atomic E-state index is 0.0795. The molecular weight excluding hydrogens is 692 g/mol. The maximum absolute atomic E-state index is 13.3. The SMILES string of the molecule is CC(C)C[C@H](NC(=O)[C@@H](N)[C@@H](C)O)C(=O)N[C@@H](CCCCN)C(=O)NCC(=O)N[C@@H](CCC(=O)O)C(=O)N[C@H](C(=O)N[C@H](C(=O)O)[C@@H](C)O)[C@@H](C)O. The fraction of sp³-hybridized carbons (Fsp3) is 0.742. The molecule has 0 bridgehead atoms. The molecule has 0 rings (SSSR count). The van der Waals surface area contributed by atoms with Crippen molar-refractivity contribution in [2.75, 3.05) is 13.1 Å². The monoisotopic (exact) mass is 748 g/mol. The Kier molecular flexibility index (Phi) is 21.9. The van der Waals surface area contributed by atoms with E-state index in [-0.39, 0.29) is 25.3 Å². The van der Waals surface area contributed by atoms with E-state index in [0.717, 1.165) is 13.8 Å². The van der Waals surface area contributed by atoms with Gasteiger partial charge >= 0.3 is 11.9 Å². The second-order valence-electron chi connectivity index (χ2n) is 12.9. The molecule has 0 spiro atoms. The molecule has 15 N–H and O–H groups in total. The lowest BCUT2D eigenvalue weighted by atomic mass is 10.0. The Hall–Kier alpha value is -4.44. The van der Waals surface area contributed by atoms with E-state index in [0.29, 0.717) is 12.8 Å². The van der Waals surface area contributed by atoms with E-state index in [2.05, 4.69) is 26.6 Å². The van der Waals surface area contributed by atoms with E-state index >= 15 is 0 Å². The molecule has 0 heterocycles. The van der Waals surface area contributed by atoms with E-state index in [9.17, 15) is 58.8 Å². The minimum Gasteiger partial charge on any atom is -0.481 e. The molecule has 0 unspecified atom stereocenters. The number of aliphatic hydroxyl groups excluding tert-OH is 3. The summed E-state index contributed by atoms with van der Waals surface area (Å²) in [6.45, 7) is 6.59. The van der Waals surface area contributed by atoms with Crippen LogP contribution in [0.5, 0.6) is 0 Å². The summed E-state index contributed by atoms with van der Waals surface area (Å²) in [5, 5.41) is 61.5. The van der Waals surface area contributed by atoms with Crippen LogP contribution in [0, 0.1) is 5.92 Å². The van der Waals surface area contributed by atoms with Crippen LogP contribution >= 0.6 is 0 Å². The molecule has 9 atom stereocenters. The predicted octanol–water partition coefficient (Wildman–Crippen LogP) is -4.88. The number of rotatable bonds is 25. The van der Waals surface area contributed by atoms with Crippen LogP contribution < -0.4 is 43.4 Å². The van der Waals surface area contributed by atoms with Gasteiger partial charge in [0.25, 0.3) is 0 Å². The molecule has 298 valence electrons. The number of unbranched alkanes of at least 4 members (excludes halogenated alkanes) is 1. The molecule has 0 radical (unpaired) electrons. The Morgan fingerprint density at radius 3 is 1.60 bits per heavy atom. The van der Waals surface area contributed by atoms with Crippen LogP contribution in [0.15, 0.2) is 0 Å². The summed E-state index contributed by atoms with van der Waals surface area (Å²) in [6, 6.07) is -8.86. The van der Waals surface area contributed by atoms with Gasteiger partial charge in [-0.3, -0.25) is 33.6 Å². The fourth-order valence-corrected chi connectivity index (χ4v) is 4.59. The molecule has 0 saturated heterocycles. The zero-order valence-electron chi connectivity index (χ0n) is 30.1. The highest BCUT2D eigenvalue weighted by molar-refractivity contribution is 5.96. The number of aliphatic hydroxyl groups is 3. The van der Waals surface area contributed by atoms with Gasteiger partial charge < -0.3 is 68.9 Å². The number of hydrogen-bond donors (Lipinski definition) is 13. The largest absolute Gasteiger partial charge is 0.481 e. The second-order valence-corrected chi connectivity index (χ2v) is 12.9. The average Bonchev–Trinajstić information content (AvgIpc) is 3.04. The average molecular weight is 749 g/mol. The maximum atomic E-state index is 13.3. The van der Waals surface area contributed by atoms with Crippen molar-refractivity contribution in [3.63, 3.8) is 0 Å². The van der Waals surface area contributed by atoms with E-state index in [1.54, 1.807) is 13.8 Å². The van der Waals surface area contributed by atoms with Gasteiger partial charge in [0.1, 0.15) is 30.2 Å². The topological polar surface area (TPSA) is 362 Å². The Morgan fingerprint density at radius 1 is 0.596 bits per heavy atom. The zero-order chi connectivity index (χ0) is 40.3. The van der Waals surface area contributed by atoms with E-state index in [1.807, 2.05) is 5.32 Å². The smallest absolute Gasteiger partial charge is 0.328 e. The summed E-state index contributed by atoms with van der Waals surface area (Å²) < 4.78 is 0. The maximum Gasteiger partial charge on any atom is 0.328 e. The van der Waals surface area contributed by atoms with Crippen LogP contribution in [0.4, 0.5) is 0 Å². The lowest BCUT2D eigenvalue weighted by Crippen LogP contribution is -2.60. The lowest BCUT2D eigenvalue weighted by Gasteiger charge is -2.27. The first kappa shape index (κ1) is 47.6. The first-order valence-corrected chi connectivity index (χ1v) is 16.9. The summed E-state index contributed by atoms with van der Waals surface area (Å²) in [5.74, 6) is -8.70. The summed E-state index contributed by atoms with van der Waals surface area (Å²) in [4.78, 5) is 100. The number of carboxylic acids is 2. The highest BCUT2D eigenvalue weighted by atomic mass is 16.4. The lowest BCUT2D eigenvalue weighted by molar-refractivity contribution is -0.146. The van der Waals surface area contributed by atoms with Crippen molar-refractivity contribution >= 4 is 47.4 Å². The van der Waals surface area contributed by atoms with Gasteiger partial charge in [-0.15, -0.1) is 0 Å². The number of nitrogens with two attached hydrogens (primary N) is 2. The van der Waals surface area contributed by atoms with Gasteiger partial charge in [-0.2, -0.15) is 0 Å². The first-order chi connectivity index (χ1) is 24.1. The summed E-state index contributed by atoms with van der Waals surface area (Å²) >= 11 is 0. The van der Waals surface area contributed by atoms with Crippen molar-refractivity contribution in [3.05, 3.63) is 0 Å². The summed E-state index contributed by atoms with van der Waals surface area (Å²) in [6.07, 6.45) is -4.41. The van der Waals surface area contributed by atoms with Crippen molar-refractivity contribution in [1.29, 1.82) is 0 Å². The Labute approximate surface area is 301 Å². The molecule has 0 aliphatic rings. The number of aliphatic carboxylic acids is 2. The van der Waals surface area contributed by atoms with E-state index in [1.165, 1.54) is 6.92 Å². The third-order valence-electron chi connectivity index (χ3n) is 7.57. The van der Waals surface area contributed by atoms with Gasteiger partial charge in [0, 0.05) is 6.42 Å².